The summed E-state index contributed by atoms with van der Waals surface area (Å²) in [6.45, 7) is 4.55. The lowest BCUT2D eigenvalue weighted by molar-refractivity contribution is 0.470. The maximum absolute atomic E-state index is 9.36. The fourth-order valence-corrected chi connectivity index (χ4v) is 1.29. The molecular formula is C10H15NO. The van der Waals surface area contributed by atoms with Crippen LogP contribution in [-0.4, -0.2) is 11.7 Å². The molecule has 0 bridgehead atoms. The third-order valence-corrected chi connectivity index (χ3v) is 2.07. The predicted molar refractivity (Wildman–Crippen MR) is 50.3 cm³/mol. The van der Waals surface area contributed by atoms with E-state index in [-0.39, 0.29) is 0 Å². The van der Waals surface area contributed by atoms with E-state index in [1.807, 2.05) is 19.9 Å². The number of phenolic OH excluding ortho intramolecular Hbond substituents is 1. The molecule has 0 unspecified atom stereocenters. The fraction of sp³-hybridized carbons (Fsp3) is 0.400. The highest BCUT2D eigenvalue weighted by Gasteiger charge is 2.01. The smallest absolute Gasteiger partial charge is 0.118 e. The number of aromatic hydroxyl groups is 1. The number of nitrogens with two attached hydrogens (primary N) is 1. The average molecular weight is 165 g/mol. The van der Waals surface area contributed by atoms with Crippen LogP contribution in [0.15, 0.2) is 12.1 Å². The molecule has 0 atom stereocenters. The van der Waals surface area contributed by atoms with Gasteiger partial charge >= 0.3 is 0 Å². The number of hydrogen-bond acceptors (Lipinski definition) is 2. The highest BCUT2D eigenvalue weighted by atomic mass is 16.3. The first kappa shape index (κ1) is 9.07. The molecule has 0 spiro atoms. The van der Waals surface area contributed by atoms with Crippen molar-refractivity contribution in [3.63, 3.8) is 0 Å². The highest BCUT2D eigenvalue weighted by molar-refractivity contribution is 5.40. The van der Waals surface area contributed by atoms with E-state index in [2.05, 4.69) is 0 Å². The van der Waals surface area contributed by atoms with E-state index in [4.69, 9.17) is 5.73 Å². The molecular weight excluding hydrogens is 150 g/mol. The largest absolute Gasteiger partial charge is 0.508 e. The Hall–Kier alpha value is -1.02. The quantitative estimate of drug-likeness (QED) is 0.697. The van der Waals surface area contributed by atoms with Gasteiger partial charge in [0.1, 0.15) is 5.75 Å². The van der Waals surface area contributed by atoms with Gasteiger partial charge in [0.05, 0.1) is 0 Å². The molecule has 0 amide bonds. The lowest BCUT2D eigenvalue weighted by Gasteiger charge is -2.07. The zero-order valence-corrected chi connectivity index (χ0v) is 7.59. The van der Waals surface area contributed by atoms with Gasteiger partial charge < -0.3 is 10.8 Å². The van der Waals surface area contributed by atoms with Crippen molar-refractivity contribution in [3.05, 3.63) is 28.8 Å². The Kier molecular flexibility index (Phi) is 2.71. The van der Waals surface area contributed by atoms with Crippen LogP contribution >= 0.6 is 0 Å². The van der Waals surface area contributed by atoms with Crippen molar-refractivity contribution in [3.8, 4) is 5.75 Å². The first-order valence-corrected chi connectivity index (χ1v) is 4.14. The van der Waals surface area contributed by atoms with Gasteiger partial charge in [-0.1, -0.05) is 6.07 Å². The normalized spacial score (nSPS) is 10.2. The highest BCUT2D eigenvalue weighted by Crippen LogP contribution is 2.21. The van der Waals surface area contributed by atoms with Gasteiger partial charge in [0.2, 0.25) is 0 Å². The summed E-state index contributed by atoms with van der Waals surface area (Å²) in [6.07, 6.45) is 0.882. The molecule has 0 saturated carbocycles. The Balaban J connectivity index is 3.05. The van der Waals surface area contributed by atoms with Crippen LogP contribution in [0.5, 0.6) is 5.75 Å². The number of benzene rings is 1. The molecule has 1 rings (SSSR count). The van der Waals surface area contributed by atoms with Crippen molar-refractivity contribution < 1.29 is 5.11 Å². The van der Waals surface area contributed by atoms with E-state index in [9.17, 15) is 5.11 Å². The average Bonchev–Trinajstić information content (AvgIpc) is 2.01. The maximum Gasteiger partial charge on any atom is 0.118 e. The summed E-state index contributed by atoms with van der Waals surface area (Å²) in [7, 11) is 0. The molecule has 2 heteroatoms. The summed E-state index contributed by atoms with van der Waals surface area (Å²) in [5, 5.41) is 9.36. The van der Waals surface area contributed by atoms with Gasteiger partial charge in [-0.2, -0.15) is 0 Å². The molecule has 0 heterocycles. The second-order valence-electron chi connectivity index (χ2n) is 3.10. The molecule has 0 aliphatic heterocycles. The van der Waals surface area contributed by atoms with Crippen LogP contribution < -0.4 is 5.73 Å². The Bertz CT molecular complexity index is 281. The van der Waals surface area contributed by atoms with Gasteiger partial charge in [-0.25, -0.2) is 0 Å². The van der Waals surface area contributed by atoms with Crippen molar-refractivity contribution in [2.45, 2.75) is 20.3 Å². The summed E-state index contributed by atoms with van der Waals surface area (Å²) >= 11 is 0. The van der Waals surface area contributed by atoms with Crippen molar-refractivity contribution in [1.29, 1.82) is 0 Å². The Morgan fingerprint density at radius 2 is 1.92 bits per heavy atom. The Labute approximate surface area is 73.0 Å². The minimum atomic E-state index is 0.369. The molecule has 1 aromatic carbocycles. The summed E-state index contributed by atoms with van der Waals surface area (Å²) in [4.78, 5) is 0. The van der Waals surface area contributed by atoms with Crippen LogP contribution in [-0.2, 0) is 6.42 Å². The molecule has 0 aliphatic rings. The molecule has 2 nitrogen and oxygen atoms in total. The van der Waals surface area contributed by atoms with Crippen LogP contribution in [0.2, 0.25) is 0 Å². The van der Waals surface area contributed by atoms with Crippen LogP contribution in [0.1, 0.15) is 16.7 Å². The minimum absolute atomic E-state index is 0.369. The second kappa shape index (κ2) is 3.59. The summed E-state index contributed by atoms with van der Waals surface area (Å²) < 4.78 is 0. The van der Waals surface area contributed by atoms with Gasteiger partial charge in [0, 0.05) is 0 Å². The molecule has 0 fully saturated rings. The molecule has 3 N–H and O–H groups in total. The Morgan fingerprint density at radius 3 is 2.50 bits per heavy atom. The van der Waals surface area contributed by atoms with E-state index >= 15 is 0 Å². The van der Waals surface area contributed by atoms with Gasteiger partial charge in [0.25, 0.3) is 0 Å². The zero-order chi connectivity index (χ0) is 9.14. The number of rotatable bonds is 2. The maximum atomic E-state index is 9.36. The van der Waals surface area contributed by atoms with Gasteiger partial charge in [-0.05, 0) is 49.6 Å². The summed E-state index contributed by atoms with van der Waals surface area (Å²) in [5.74, 6) is 0.369. The first-order chi connectivity index (χ1) is 5.65. The van der Waals surface area contributed by atoms with Crippen molar-refractivity contribution in [2.24, 2.45) is 5.73 Å². The number of phenols is 1. The number of aryl methyl sites for hydroxylation is 2. The fourth-order valence-electron chi connectivity index (χ4n) is 1.29. The van der Waals surface area contributed by atoms with Gasteiger partial charge in [-0.15, -0.1) is 0 Å². The third kappa shape index (κ3) is 1.77. The van der Waals surface area contributed by atoms with E-state index < -0.39 is 0 Å². The predicted octanol–water partition coefficient (Wildman–Crippen LogP) is 1.51. The molecule has 66 valence electrons. The monoisotopic (exact) mass is 165 g/mol. The van der Waals surface area contributed by atoms with Crippen molar-refractivity contribution >= 4 is 0 Å². The van der Waals surface area contributed by atoms with E-state index in [1.165, 1.54) is 5.56 Å². The number of hydrogen-bond donors (Lipinski definition) is 2. The first-order valence-electron chi connectivity index (χ1n) is 4.14. The standard InChI is InChI=1S/C10H15NO/c1-7-6-10(12)8(2)5-9(7)3-4-11/h5-6,12H,3-4,11H2,1-2H3. The van der Waals surface area contributed by atoms with E-state index in [1.54, 1.807) is 6.07 Å². The SMILES string of the molecule is Cc1cc(CCN)c(C)cc1O. The van der Waals surface area contributed by atoms with E-state index in [0.29, 0.717) is 12.3 Å². The Morgan fingerprint density at radius 1 is 1.25 bits per heavy atom. The molecule has 1 aromatic rings. The molecule has 12 heavy (non-hydrogen) atoms. The topological polar surface area (TPSA) is 46.2 Å². The molecule has 0 saturated heterocycles. The second-order valence-corrected chi connectivity index (χ2v) is 3.10. The molecule has 0 aliphatic carbocycles. The van der Waals surface area contributed by atoms with Gasteiger partial charge in [0.15, 0.2) is 0 Å². The lowest BCUT2D eigenvalue weighted by atomic mass is 10.0. The van der Waals surface area contributed by atoms with Crippen LogP contribution in [0.3, 0.4) is 0 Å². The summed E-state index contributed by atoms with van der Waals surface area (Å²) in [5.41, 5.74) is 8.72. The van der Waals surface area contributed by atoms with Gasteiger partial charge in [-0.3, -0.25) is 0 Å². The zero-order valence-electron chi connectivity index (χ0n) is 7.59. The van der Waals surface area contributed by atoms with Crippen LogP contribution in [0, 0.1) is 13.8 Å². The van der Waals surface area contributed by atoms with Crippen molar-refractivity contribution in [1.82, 2.24) is 0 Å². The minimum Gasteiger partial charge on any atom is -0.508 e. The van der Waals surface area contributed by atoms with Crippen molar-refractivity contribution in [2.75, 3.05) is 6.54 Å². The van der Waals surface area contributed by atoms with E-state index in [0.717, 1.165) is 17.5 Å². The molecule has 0 aromatic heterocycles. The lowest BCUT2D eigenvalue weighted by Crippen LogP contribution is -2.04. The molecule has 0 radical (unpaired) electrons. The summed E-state index contributed by atoms with van der Waals surface area (Å²) in [6, 6.07) is 3.79. The van der Waals surface area contributed by atoms with Crippen LogP contribution in [0.4, 0.5) is 0 Å². The third-order valence-electron chi connectivity index (χ3n) is 2.07. The van der Waals surface area contributed by atoms with Crippen LogP contribution in [0.25, 0.3) is 0 Å².